The first-order valence-electron chi connectivity index (χ1n) is 6.41. The quantitative estimate of drug-likeness (QED) is 0.777. The van der Waals surface area contributed by atoms with Gasteiger partial charge in [0.15, 0.2) is 0 Å². The Hall–Kier alpha value is -1.98. The summed E-state index contributed by atoms with van der Waals surface area (Å²) in [5.74, 6) is -0.154. The second kappa shape index (κ2) is 5.77. The van der Waals surface area contributed by atoms with Crippen LogP contribution in [0.25, 0.3) is 0 Å². The first-order chi connectivity index (χ1) is 9.04. The Balaban J connectivity index is 1.75. The van der Waals surface area contributed by atoms with Crippen molar-refractivity contribution in [3.05, 3.63) is 23.7 Å². The molecule has 0 aliphatic heterocycles. The van der Waals surface area contributed by atoms with Crippen LogP contribution in [0.15, 0.2) is 16.5 Å². The number of aromatic carboxylic acids is 1. The van der Waals surface area contributed by atoms with Crippen LogP contribution in [0.2, 0.25) is 0 Å². The molecule has 0 radical (unpaired) electrons. The van der Waals surface area contributed by atoms with Crippen molar-refractivity contribution in [3.8, 4) is 0 Å². The third kappa shape index (κ3) is 3.74. The summed E-state index contributed by atoms with van der Waals surface area (Å²) in [4.78, 5) is 22.3. The highest BCUT2D eigenvalue weighted by molar-refractivity contribution is 5.84. The number of hydrogen-bond acceptors (Lipinski definition) is 3. The summed E-state index contributed by atoms with van der Waals surface area (Å²) in [6.07, 6.45) is 3.17. The van der Waals surface area contributed by atoms with Crippen LogP contribution < -0.4 is 10.6 Å². The van der Waals surface area contributed by atoms with E-state index in [1.165, 1.54) is 6.07 Å². The molecule has 1 fully saturated rings. The van der Waals surface area contributed by atoms with Gasteiger partial charge in [-0.1, -0.05) is 6.92 Å². The third-order valence-corrected chi connectivity index (χ3v) is 3.33. The highest BCUT2D eigenvalue weighted by Gasteiger charge is 2.22. The molecule has 2 rings (SSSR count). The minimum atomic E-state index is -1.12. The molecule has 1 aromatic rings. The molecule has 1 aliphatic carbocycles. The highest BCUT2D eigenvalue weighted by Crippen LogP contribution is 2.24. The molecular formula is C13H18N2O4. The van der Waals surface area contributed by atoms with Crippen molar-refractivity contribution in [1.82, 2.24) is 10.6 Å². The Bertz CT molecular complexity index is 469. The van der Waals surface area contributed by atoms with Gasteiger partial charge < -0.3 is 20.2 Å². The molecule has 2 atom stereocenters. The maximum Gasteiger partial charge on any atom is 0.371 e. The summed E-state index contributed by atoms with van der Waals surface area (Å²) in [7, 11) is 0. The molecule has 6 nitrogen and oxygen atoms in total. The fourth-order valence-electron chi connectivity index (χ4n) is 2.33. The Kier molecular flexibility index (Phi) is 4.09. The molecule has 2 unspecified atom stereocenters. The summed E-state index contributed by atoms with van der Waals surface area (Å²) in [6.45, 7) is 2.36. The zero-order valence-corrected chi connectivity index (χ0v) is 10.8. The van der Waals surface area contributed by atoms with Gasteiger partial charge in [0.25, 0.3) is 0 Å². The molecule has 0 spiro atoms. The van der Waals surface area contributed by atoms with Gasteiger partial charge >= 0.3 is 12.0 Å². The van der Waals surface area contributed by atoms with E-state index >= 15 is 0 Å². The van der Waals surface area contributed by atoms with Crippen LogP contribution in [0, 0.1) is 5.92 Å². The van der Waals surface area contributed by atoms with E-state index in [0.29, 0.717) is 11.7 Å². The zero-order valence-electron chi connectivity index (χ0n) is 10.8. The van der Waals surface area contributed by atoms with Crippen molar-refractivity contribution >= 4 is 12.0 Å². The van der Waals surface area contributed by atoms with E-state index in [9.17, 15) is 9.59 Å². The van der Waals surface area contributed by atoms with Crippen LogP contribution in [-0.2, 0) is 6.54 Å². The predicted molar refractivity (Wildman–Crippen MR) is 67.8 cm³/mol. The molecule has 0 aromatic carbocycles. The number of hydrogen-bond donors (Lipinski definition) is 3. The van der Waals surface area contributed by atoms with Gasteiger partial charge in [-0.3, -0.25) is 0 Å². The highest BCUT2D eigenvalue weighted by atomic mass is 16.4. The zero-order chi connectivity index (χ0) is 13.8. The molecule has 0 bridgehead atoms. The van der Waals surface area contributed by atoms with Gasteiger partial charge in [-0.05, 0) is 37.3 Å². The lowest BCUT2D eigenvalue weighted by molar-refractivity contribution is 0.0660. The molecule has 104 valence electrons. The number of rotatable bonds is 4. The fourth-order valence-corrected chi connectivity index (χ4v) is 2.33. The molecule has 1 saturated carbocycles. The summed E-state index contributed by atoms with van der Waals surface area (Å²) in [5, 5.41) is 14.3. The van der Waals surface area contributed by atoms with Crippen LogP contribution in [-0.4, -0.2) is 23.1 Å². The fraction of sp³-hybridized carbons (Fsp3) is 0.538. The Labute approximate surface area is 111 Å². The van der Waals surface area contributed by atoms with E-state index in [4.69, 9.17) is 9.52 Å². The van der Waals surface area contributed by atoms with E-state index < -0.39 is 5.97 Å². The average molecular weight is 266 g/mol. The number of carbonyl (C=O) groups excluding carboxylic acids is 1. The lowest BCUT2D eigenvalue weighted by atomic mass is 10.1. The summed E-state index contributed by atoms with van der Waals surface area (Å²) in [5.41, 5.74) is 0. The lowest BCUT2D eigenvalue weighted by Crippen LogP contribution is -2.40. The van der Waals surface area contributed by atoms with Gasteiger partial charge in [-0.2, -0.15) is 0 Å². The Morgan fingerprint density at radius 2 is 2.21 bits per heavy atom. The van der Waals surface area contributed by atoms with Gasteiger partial charge in [-0.15, -0.1) is 0 Å². The summed E-state index contributed by atoms with van der Waals surface area (Å²) < 4.78 is 5.04. The summed E-state index contributed by atoms with van der Waals surface area (Å²) in [6, 6.07) is 2.91. The van der Waals surface area contributed by atoms with Crippen LogP contribution in [0.1, 0.15) is 42.5 Å². The van der Waals surface area contributed by atoms with Crippen molar-refractivity contribution in [2.45, 2.75) is 38.8 Å². The maximum absolute atomic E-state index is 11.6. The van der Waals surface area contributed by atoms with Crippen LogP contribution in [0.4, 0.5) is 4.79 Å². The predicted octanol–water partition coefficient (Wildman–Crippen LogP) is 1.97. The number of urea groups is 1. The Morgan fingerprint density at radius 3 is 2.79 bits per heavy atom. The SMILES string of the molecule is CC1CCC(NC(=O)NCc2ccc(C(=O)O)o2)C1. The molecule has 1 aliphatic rings. The van der Waals surface area contributed by atoms with Crippen molar-refractivity contribution < 1.29 is 19.1 Å². The number of carboxylic acid groups (broad SMARTS) is 1. The standard InChI is InChI=1S/C13H18N2O4/c1-8-2-3-9(6-8)15-13(18)14-7-10-4-5-11(19-10)12(16)17/h4-5,8-9H,2-3,6-7H2,1H3,(H,16,17)(H2,14,15,18). The van der Waals surface area contributed by atoms with Crippen molar-refractivity contribution in [2.75, 3.05) is 0 Å². The first kappa shape index (κ1) is 13.5. The van der Waals surface area contributed by atoms with E-state index in [2.05, 4.69) is 17.6 Å². The number of nitrogens with one attached hydrogen (secondary N) is 2. The minimum Gasteiger partial charge on any atom is -0.475 e. The van der Waals surface area contributed by atoms with Crippen LogP contribution in [0.3, 0.4) is 0 Å². The summed E-state index contributed by atoms with van der Waals surface area (Å²) >= 11 is 0. The molecule has 1 aromatic heterocycles. The van der Waals surface area contributed by atoms with Crippen LogP contribution >= 0.6 is 0 Å². The first-order valence-corrected chi connectivity index (χ1v) is 6.41. The molecule has 3 N–H and O–H groups in total. The number of amides is 2. The van der Waals surface area contributed by atoms with Gasteiger partial charge in [0, 0.05) is 6.04 Å². The molecule has 2 amide bonds. The van der Waals surface area contributed by atoms with E-state index in [1.54, 1.807) is 6.07 Å². The van der Waals surface area contributed by atoms with E-state index in [1.807, 2.05) is 0 Å². The number of carboxylic acids is 1. The number of furan rings is 1. The van der Waals surface area contributed by atoms with Crippen LogP contribution in [0.5, 0.6) is 0 Å². The van der Waals surface area contributed by atoms with Crippen molar-refractivity contribution in [1.29, 1.82) is 0 Å². The second-order valence-electron chi connectivity index (χ2n) is 5.01. The molecular weight excluding hydrogens is 248 g/mol. The maximum atomic E-state index is 11.6. The Morgan fingerprint density at radius 1 is 1.42 bits per heavy atom. The van der Waals surface area contributed by atoms with E-state index in [-0.39, 0.29) is 24.4 Å². The number of carbonyl (C=O) groups is 2. The van der Waals surface area contributed by atoms with Gasteiger partial charge in [0.1, 0.15) is 5.76 Å². The molecule has 19 heavy (non-hydrogen) atoms. The minimum absolute atomic E-state index is 0.123. The molecule has 1 heterocycles. The smallest absolute Gasteiger partial charge is 0.371 e. The van der Waals surface area contributed by atoms with E-state index in [0.717, 1.165) is 19.3 Å². The lowest BCUT2D eigenvalue weighted by Gasteiger charge is -2.12. The largest absolute Gasteiger partial charge is 0.475 e. The monoisotopic (exact) mass is 266 g/mol. The molecule has 6 heteroatoms. The van der Waals surface area contributed by atoms with Crippen molar-refractivity contribution in [2.24, 2.45) is 5.92 Å². The average Bonchev–Trinajstić information content (AvgIpc) is 2.96. The third-order valence-electron chi connectivity index (χ3n) is 3.33. The van der Waals surface area contributed by atoms with Crippen molar-refractivity contribution in [3.63, 3.8) is 0 Å². The topological polar surface area (TPSA) is 91.6 Å². The van der Waals surface area contributed by atoms with Gasteiger partial charge in [0.05, 0.1) is 6.54 Å². The molecule has 0 saturated heterocycles. The van der Waals surface area contributed by atoms with Gasteiger partial charge in [0.2, 0.25) is 5.76 Å². The normalized spacial score (nSPS) is 22.2. The second-order valence-corrected chi connectivity index (χ2v) is 5.01. The van der Waals surface area contributed by atoms with Gasteiger partial charge in [-0.25, -0.2) is 9.59 Å².